The molecule has 0 saturated carbocycles. The highest BCUT2D eigenvalue weighted by Gasteiger charge is 2.26. The van der Waals surface area contributed by atoms with Crippen LogP contribution in [0.15, 0.2) is 46.9 Å². The number of methoxy groups -OCH3 is 1. The van der Waals surface area contributed by atoms with Gasteiger partial charge in [-0.3, -0.25) is 0 Å². The van der Waals surface area contributed by atoms with Gasteiger partial charge < -0.3 is 10.1 Å². The second-order valence-electron chi connectivity index (χ2n) is 4.22. The summed E-state index contributed by atoms with van der Waals surface area (Å²) in [7, 11) is 1.25. The Morgan fingerprint density at radius 1 is 1.29 bits per heavy atom. The SMILES string of the molecule is COC(=O)C(Nc1ccccc1Br)c1cccc(Cl)c1F. The summed E-state index contributed by atoms with van der Waals surface area (Å²) in [5.74, 6) is -1.25. The molecule has 0 aliphatic heterocycles. The summed E-state index contributed by atoms with van der Waals surface area (Å²) in [5, 5.41) is 2.92. The number of rotatable bonds is 4. The standard InChI is InChI=1S/C15H12BrClFNO2/c1-21-15(20)14(9-5-4-7-11(17)13(9)18)19-12-8-3-2-6-10(12)16/h2-8,14,19H,1H3. The van der Waals surface area contributed by atoms with Gasteiger partial charge in [0.2, 0.25) is 0 Å². The number of hydrogen-bond donors (Lipinski definition) is 1. The van der Waals surface area contributed by atoms with Crippen LogP contribution in [0.1, 0.15) is 11.6 Å². The number of benzene rings is 2. The van der Waals surface area contributed by atoms with Gasteiger partial charge in [0.05, 0.1) is 12.1 Å². The molecule has 0 aliphatic rings. The van der Waals surface area contributed by atoms with Crippen LogP contribution in [0.25, 0.3) is 0 Å². The topological polar surface area (TPSA) is 38.3 Å². The molecule has 3 nitrogen and oxygen atoms in total. The van der Waals surface area contributed by atoms with E-state index in [4.69, 9.17) is 16.3 Å². The summed E-state index contributed by atoms with van der Waals surface area (Å²) >= 11 is 9.14. The van der Waals surface area contributed by atoms with Crippen molar-refractivity contribution in [2.45, 2.75) is 6.04 Å². The van der Waals surface area contributed by atoms with Crippen LogP contribution in [0.3, 0.4) is 0 Å². The lowest BCUT2D eigenvalue weighted by Crippen LogP contribution is -2.23. The average Bonchev–Trinajstić information content (AvgIpc) is 2.49. The number of hydrogen-bond acceptors (Lipinski definition) is 3. The van der Waals surface area contributed by atoms with Gasteiger partial charge in [0.25, 0.3) is 0 Å². The monoisotopic (exact) mass is 371 g/mol. The first-order valence-electron chi connectivity index (χ1n) is 6.07. The lowest BCUT2D eigenvalue weighted by atomic mass is 10.1. The molecule has 0 amide bonds. The summed E-state index contributed by atoms with van der Waals surface area (Å²) in [6.45, 7) is 0. The van der Waals surface area contributed by atoms with Crippen LogP contribution in [0, 0.1) is 5.82 Å². The molecule has 0 fully saturated rings. The molecule has 2 aromatic carbocycles. The normalized spacial score (nSPS) is 11.8. The number of nitrogens with one attached hydrogen (secondary N) is 1. The van der Waals surface area contributed by atoms with Crippen molar-refractivity contribution in [1.82, 2.24) is 0 Å². The van der Waals surface area contributed by atoms with Gasteiger partial charge in [-0.25, -0.2) is 9.18 Å². The van der Waals surface area contributed by atoms with Crippen LogP contribution < -0.4 is 5.32 Å². The number of para-hydroxylation sites is 1. The molecule has 110 valence electrons. The first kappa shape index (κ1) is 15.8. The predicted octanol–water partition coefficient (Wildman–Crippen LogP) is 4.57. The maximum atomic E-state index is 14.2. The van der Waals surface area contributed by atoms with Gasteiger partial charge in [-0.05, 0) is 34.1 Å². The fourth-order valence-corrected chi connectivity index (χ4v) is 2.44. The highest BCUT2D eigenvalue weighted by atomic mass is 79.9. The molecule has 0 saturated heterocycles. The molecule has 0 aliphatic carbocycles. The van der Waals surface area contributed by atoms with Gasteiger partial charge in [-0.1, -0.05) is 35.9 Å². The Hall–Kier alpha value is -1.59. The summed E-state index contributed by atoms with van der Waals surface area (Å²) in [4.78, 5) is 12.0. The van der Waals surface area contributed by atoms with Crippen molar-refractivity contribution in [2.75, 3.05) is 12.4 Å². The van der Waals surface area contributed by atoms with Crippen LogP contribution in [-0.2, 0) is 9.53 Å². The van der Waals surface area contributed by atoms with E-state index in [9.17, 15) is 9.18 Å². The summed E-state index contributed by atoms with van der Waals surface area (Å²) in [6, 6.07) is 10.7. The Morgan fingerprint density at radius 2 is 2.00 bits per heavy atom. The molecule has 1 N–H and O–H groups in total. The quantitative estimate of drug-likeness (QED) is 0.799. The van der Waals surface area contributed by atoms with E-state index in [2.05, 4.69) is 21.2 Å². The van der Waals surface area contributed by atoms with Crippen molar-refractivity contribution in [2.24, 2.45) is 0 Å². The van der Waals surface area contributed by atoms with Crippen molar-refractivity contribution in [3.05, 3.63) is 63.3 Å². The molecule has 2 aromatic rings. The van der Waals surface area contributed by atoms with E-state index in [0.29, 0.717) is 5.69 Å². The third-order valence-corrected chi connectivity index (χ3v) is 3.89. The lowest BCUT2D eigenvalue weighted by molar-refractivity contribution is -0.141. The molecule has 0 bridgehead atoms. The molecular weight excluding hydrogens is 361 g/mol. The Bertz CT molecular complexity index is 666. The van der Waals surface area contributed by atoms with E-state index in [-0.39, 0.29) is 10.6 Å². The van der Waals surface area contributed by atoms with E-state index < -0.39 is 17.8 Å². The van der Waals surface area contributed by atoms with Crippen molar-refractivity contribution in [1.29, 1.82) is 0 Å². The van der Waals surface area contributed by atoms with Crippen molar-refractivity contribution in [3.63, 3.8) is 0 Å². The number of anilines is 1. The van der Waals surface area contributed by atoms with E-state index in [1.165, 1.54) is 19.2 Å². The van der Waals surface area contributed by atoms with Crippen LogP contribution >= 0.6 is 27.5 Å². The number of carbonyl (C=O) groups excluding carboxylic acids is 1. The van der Waals surface area contributed by atoms with E-state index in [0.717, 1.165) is 4.47 Å². The first-order valence-corrected chi connectivity index (χ1v) is 7.24. The highest BCUT2D eigenvalue weighted by Crippen LogP contribution is 2.30. The first-order chi connectivity index (χ1) is 10.0. The molecule has 1 atom stereocenters. The minimum atomic E-state index is -0.993. The Kier molecular flexibility index (Phi) is 5.20. The zero-order chi connectivity index (χ0) is 15.4. The predicted molar refractivity (Wildman–Crippen MR) is 83.9 cm³/mol. The van der Waals surface area contributed by atoms with Gasteiger partial charge in [0.15, 0.2) is 6.04 Å². The van der Waals surface area contributed by atoms with Gasteiger partial charge in [0, 0.05) is 15.7 Å². The van der Waals surface area contributed by atoms with Crippen molar-refractivity contribution < 1.29 is 13.9 Å². The molecule has 0 aromatic heterocycles. The number of halogens is 3. The third kappa shape index (κ3) is 3.54. The maximum Gasteiger partial charge on any atom is 0.333 e. The van der Waals surface area contributed by atoms with E-state index >= 15 is 0 Å². The smallest absolute Gasteiger partial charge is 0.333 e. The van der Waals surface area contributed by atoms with Gasteiger partial charge in [-0.15, -0.1) is 0 Å². The largest absolute Gasteiger partial charge is 0.467 e. The average molecular weight is 373 g/mol. The summed E-state index contributed by atoms with van der Waals surface area (Å²) < 4.78 is 19.7. The molecular formula is C15H12BrClFNO2. The van der Waals surface area contributed by atoms with Crippen molar-refractivity contribution in [3.8, 4) is 0 Å². The Morgan fingerprint density at radius 3 is 2.67 bits per heavy atom. The zero-order valence-electron chi connectivity index (χ0n) is 11.1. The number of ether oxygens (including phenoxy) is 1. The molecule has 1 unspecified atom stereocenters. The Balaban J connectivity index is 2.42. The van der Waals surface area contributed by atoms with Gasteiger partial charge in [0.1, 0.15) is 5.82 Å². The minimum absolute atomic E-state index is 0.0460. The number of carbonyl (C=O) groups is 1. The minimum Gasteiger partial charge on any atom is -0.467 e. The highest BCUT2D eigenvalue weighted by molar-refractivity contribution is 9.10. The van der Waals surface area contributed by atoms with Gasteiger partial charge >= 0.3 is 5.97 Å². The van der Waals surface area contributed by atoms with Crippen molar-refractivity contribution >= 4 is 39.2 Å². The van der Waals surface area contributed by atoms with Crippen LogP contribution in [0.4, 0.5) is 10.1 Å². The van der Waals surface area contributed by atoms with Gasteiger partial charge in [-0.2, -0.15) is 0 Å². The summed E-state index contributed by atoms with van der Waals surface area (Å²) in [5.41, 5.74) is 0.775. The lowest BCUT2D eigenvalue weighted by Gasteiger charge is -2.19. The Labute approximate surface area is 135 Å². The molecule has 21 heavy (non-hydrogen) atoms. The van der Waals surface area contributed by atoms with E-state index in [1.807, 2.05) is 12.1 Å². The molecule has 0 heterocycles. The van der Waals surface area contributed by atoms with E-state index in [1.54, 1.807) is 18.2 Å². The molecule has 6 heteroatoms. The maximum absolute atomic E-state index is 14.2. The molecule has 0 radical (unpaired) electrons. The molecule has 0 spiro atoms. The summed E-state index contributed by atoms with van der Waals surface area (Å²) in [6.07, 6.45) is 0. The van der Waals surface area contributed by atoms with Crippen LogP contribution in [-0.4, -0.2) is 13.1 Å². The second-order valence-corrected chi connectivity index (χ2v) is 5.48. The zero-order valence-corrected chi connectivity index (χ0v) is 13.4. The van der Waals surface area contributed by atoms with Crippen LogP contribution in [0.2, 0.25) is 5.02 Å². The third-order valence-electron chi connectivity index (χ3n) is 2.90. The second kappa shape index (κ2) is 6.91. The fraction of sp³-hybridized carbons (Fsp3) is 0.133. The fourth-order valence-electron chi connectivity index (χ4n) is 1.86. The number of esters is 1. The van der Waals surface area contributed by atoms with Crippen LogP contribution in [0.5, 0.6) is 0 Å². The molecule has 2 rings (SSSR count).